The maximum Gasteiger partial charge on any atom is 0.329 e. The van der Waals surface area contributed by atoms with Crippen molar-refractivity contribution in [2.75, 3.05) is 13.7 Å². The average Bonchev–Trinajstić information content (AvgIpc) is 2.73. The van der Waals surface area contributed by atoms with Crippen LogP contribution in [0.2, 0.25) is 0 Å². The van der Waals surface area contributed by atoms with E-state index in [1.807, 2.05) is 37.3 Å². The molecule has 0 unspecified atom stereocenters. The van der Waals surface area contributed by atoms with Crippen molar-refractivity contribution in [3.63, 3.8) is 0 Å². The van der Waals surface area contributed by atoms with Crippen molar-refractivity contribution in [2.45, 2.75) is 26.3 Å². The van der Waals surface area contributed by atoms with E-state index in [4.69, 9.17) is 9.47 Å². The van der Waals surface area contributed by atoms with E-state index in [-0.39, 0.29) is 6.04 Å². The van der Waals surface area contributed by atoms with Gasteiger partial charge >= 0.3 is 11.8 Å². The lowest BCUT2D eigenvalue weighted by Crippen LogP contribution is -2.39. The summed E-state index contributed by atoms with van der Waals surface area (Å²) in [5.74, 6) is -0.388. The number of ether oxygens (including phenoxy) is 2. The van der Waals surface area contributed by atoms with Gasteiger partial charge in [0.25, 0.3) is 0 Å². The largest absolute Gasteiger partial charge is 0.493 e. The Bertz CT molecular complexity index is 822. The minimum atomic E-state index is -0.839. The smallest absolute Gasteiger partial charge is 0.329 e. The Hall–Kier alpha value is -3.35. The van der Waals surface area contributed by atoms with Crippen molar-refractivity contribution in [3.8, 4) is 11.5 Å². The average molecular weight is 383 g/mol. The van der Waals surface area contributed by atoms with Gasteiger partial charge in [0.1, 0.15) is 0 Å². The molecule has 0 aromatic heterocycles. The second-order valence-electron chi connectivity index (χ2n) is 6.06. The van der Waals surface area contributed by atoms with Crippen LogP contribution < -0.4 is 20.2 Å². The molecule has 0 aliphatic heterocycles. The summed E-state index contributed by atoms with van der Waals surface area (Å²) in [5.41, 5.74) is 3.82. The highest BCUT2D eigenvalue weighted by Crippen LogP contribution is 2.27. The summed E-state index contributed by atoms with van der Waals surface area (Å²) < 4.78 is 10.9. The van der Waals surface area contributed by atoms with E-state index in [1.54, 1.807) is 32.2 Å². The predicted octanol–water partition coefficient (Wildman–Crippen LogP) is 2.81. The van der Waals surface area contributed by atoms with Crippen molar-refractivity contribution in [3.05, 3.63) is 59.7 Å². The summed E-state index contributed by atoms with van der Waals surface area (Å²) in [5, 5.41) is 6.46. The predicted molar refractivity (Wildman–Crippen MR) is 108 cm³/mol. The standard InChI is InChI=1S/C21H25N3O4/c1-4-12-28-18-11-10-16(13-19(18)27-3)14-22-24-21(26)20(25)23-15(2)17-8-6-5-7-9-17/h5-11,13-15H,4,12H2,1-3H3,(H,23,25)(H,24,26)/b22-14-/t15-/m0/s1. The van der Waals surface area contributed by atoms with Crippen molar-refractivity contribution >= 4 is 18.0 Å². The first-order valence-electron chi connectivity index (χ1n) is 9.04. The lowest BCUT2D eigenvalue weighted by molar-refractivity contribution is -0.139. The van der Waals surface area contributed by atoms with Crippen LogP contribution in [0.1, 0.15) is 37.4 Å². The molecule has 0 saturated carbocycles. The third-order valence-electron chi connectivity index (χ3n) is 3.88. The molecule has 28 heavy (non-hydrogen) atoms. The molecule has 148 valence electrons. The third-order valence-corrected chi connectivity index (χ3v) is 3.88. The number of carbonyl (C=O) groups excluding carboxylic acids is 2. The van der Waals surface area contributed by atoms with Gasteiger partial charge in [-0.25, -0.2) is 5.43 Å². The summed E-state index contributed by atoms with van der Waals surface area (Å²) in [6.07, 6.45) is 2.32. The van der Waals surface area contributed by atoms with Crippen LogP contribution in [-0.4, -0.2) is 31.7 Å². The minimum Gasteiger partial charge on any atom is -0.493 e. The summed E-state index contributed by atoms with van der Waals surface area (Å²) in [4.78, 5) is 23.9. The summed E-state index contributed by atoms with van der Waals surface area (Å²) in [6.45, 7) is 4.42. The SMILES string of the molecule is CCCOc1ccc(/C=N\NC(=O)C(=O)N[C@@H](C)c2ccccc2)cc1OC. The van der Waals surface area contributed by atoms with Crippen LogP contribution in [0.15, 0.2) is 53.6 Å². The molecular formula is C21H25N3O4. The van der Waals surface area contributed by atoms with Gasteiger partial charge in [0.15, 0.2) is 11.5 Å². The minimum absolute atomic E-state index is 0.289. The molecule has 0 bridgehead atoms. The number of nitrogens with one attached hydrogen (secondary N) is 2. The molecule has 0 aliphatic carbocycles. The molecule has 0 fully saturated rings. The number of hydrazone groups is 1. The van der Waals surface area contributed by atoms with E-state index in [2.05, 4.69) is 15.8 Å². The van der Waals surface area contributed by atoms with Crippen LogP contribution in [0.4, 0.5) is 0 Å². The maximum absolute atomic E-state index is 12.0. The van der Waals surface area contributed by atoms with Gasteiger partial charge in [-0.05, 0) is 42.7 Å². The Balaban J connectivity index is 1.90. The molecule has 7 heteroatoms. The number of carbonyl (C=O) groups is 2. The van der Waals surface area contributed by atoms with Gasteiger partial charge in [0.2, 0.25) is 0 Å². The first-order chi connectivity index (χ1) is 13.5. The zero-order chi connectivity index (χ0) is 20.4. The first kappa shape index (κ1) is 21.0. The molecule has 0 aliphatic rings. The Morgan fingerprint density at radius 2 is 1.86 bits per heavy atom. The summed E-state index contributed by atoms with van der Waals surface area (Å²) >= 11 is 0. The molecule has 0 heterocycles. The van der Waals surface area contributed by atoms with Crippen molar-refractivity contribution in [1.82, 2.24) is 10.7 Å². The Morgan fingerprint density at radius 1 is 1.11 bits per heavy atom. The van der Waals surface area contributed by atoms with Gasteiger partial charge < -0.3 is 14.8 Å². The number of amides is 2. The summed E-state index contributed by atoms with van der Waals surface area (Å²) in [7, 11) is 1.55. The number of hydrogen-bond donors (Lipinski definition) is 2. The Morgan fingerprint density at radius 3 is 2.54 bits per heavy atom. The molecule has 2 amide bonds. The molecular weight excluding hydrogens is 358 g/mol. The van der Waals surface area contributed by atoms with Gasteiger partial charge in [0.05, 0.1) is 26.0 Å². The highest BCUT2D eigenvalue weighted by molar-refractivity contribution is 6.35. The fourth-order valence-electron chi connectivity index (χ4n) is 2.40. The van der Waals surface area contributed by atoms with Crippen molar-refractivity contribution in [1.29, 1.82) is 0 Å². The van der Waals surface area contributed by atoms with Gasteiger partial charge in [0, 0.05) is 0 Å². The van der Waals surface area contributed by atoms with Crippen LogP contribution in [0, 0.1) is 0 Å². The van der Waals surface area contributed by atoms with Crippen LogP contribution in [0.25, 0.3) is 0 Å². The van der Waals surface area contributed by atoms with Crippen LogP contribution in [-0.2, 0) is 9.59 Å². The van der Waals surface area contributed by atoms with Crippen molar-refractivity contribution in [2.24, 2.45) is 5.10 Å². The second kappa shape index (κ2) is 10.7. The number of methoxy groups -OCH3 is 1. The molecule has 2 rings (SSSR count). The van der Waals surface area contributed by atoms with Gasteiger partial charge in [-0.3, -0.25) is 9.59 Å². The van der Waals surface area contributed by atoms with Gasteiger partial charge in [-0.2, -0.15) is 5.10 Å². The van der Waals surface area contributed by atoms with E-state index in [0.29, 0.717) is 23.7 Å². The fourth-order valence-corrected chi connectivity index (χ4v) is 2.40. The van der Waals surface area contributed by atoms with E-state index in [1.165, 1.54) is 6.21 Å². The monoisotopic (exact) mass is 383 g/mol. The fraction of sp³-hybridized carbons (Fsp3) is 0.286. The van der Waals surface area contributed by atoms with E-state index >= 15 is 0 Å². The molecule has 2 N–H and O–H groups in total. The van der Waals surface area contributed by atoms with Gasteiger partial charge in [-0.15, -0.1) is 0 Å². The lowest BCUT2D eigenvalue weighted by atomic mass is 10.1. The lowest BCUT2D eigenvalue weighted by Gasteiger charge is -2.13. The number of nitrogens with zero attached hydrogens (tertiary/aromatic N) is 1. The van der Waals surface area contributed by atoms with Crippen LogP contribution in [0.3, 0.4) is 0 Å². The molecule has 7 nitrogen and oxygen atoms in total. The number of hydrogen-bond acceptors (Lipinski definition) is 5. The third kappa shape index (κ3) is 6.12. The van der Waals surface area contributed by atoms with Crippen molar-refractivity contribution < 1.29 is 19.1 Å². The molecule has 0 spiro atoms. The zero-order valence-electron chi connectivity index (χ0n) is 16.3. The molecule has 0 saturated heterocycles. The molecule has 1 atom stereocenters. The van der Waals surface area contributed by atoms with E-state index in [0.717, 1.165) is 12.0 Å². The van der Waals surface area contributed by atoms with Crippen LogP contribution >= 0.6 is 0 Å². The van der Waals surface area contributed by atoms with Gasteiger partial charge in [-0.1, -0.05) is 37.3 Å². The summed E-state index contributed by atoms with van der Waals surface area (Å²) in [6, 6.07) is 14.4. The van der Waals surface area contributed by atoms with E-state index < -0.39 is 11.8 Å². The maximum atomic E-state index is 12.0. The van der Waals surface area contributed by atoms with E-state index in [9.17, 15) is 9.59 Å². The Kier molecular flexibility index (Phi) is 8.02. The topological polar surface area (TPSA) is 89.0 Å². The number of rotatable bonds is 8. The Labute approximate surface area is 164 Å². The molecule has 2 aromatic rings. The normalized spacial score (nSPS) is 11.7. The quantitative estimate of drug-likeness (QED) is 0.417. The van der Waals surface area contributed by atoms with Crippen LogP contribution in [0.5, 0.6) is 11.5 Å². The first-order valence-corrected chi connectivity index (χ1v) is 9.04. The highest BCUT2D eigenvalue weighted by atomic mass is 16.5. The number of benzene rings is 2. The zero-order valence-corrected chi connectivity index (χ0v) is 16.3. The highest BCUT2D eigenvalue weighted by Gasteiger charge is 2.16. The second-order valence-corrected chi connectivity index (χ2v) is 6.06. The molecule has 0 radical (unpaired) electrons. The molecule has 2 aromatic carbocycles.